The number of carbonyl (C=O) groups is 4. The third-order valence-electron chi connectivity index (χ3n) is 1.03. The molecule has 0 atom stereocenters. The van der Waals surface area contributed by atoms with Crippen molar-refractivity contribution < 1.29 is 38.3 Å². The van der Waals surface area contributed by atoms with Crippen molar-refractivity contribution in [3.8, 4) is 0 Å². The fourth-order valence-corrected chi connectivity index (χ4v) is 0.371. The summed E-state index contributed by atoms with van der Waals surface area (Å²) >= 11 is 0. The molecule has 4 N–H and O–H groups in total. The molecule has 0 heterocycles. The predicted octanol–water partition coefficient (Wildman–Crippen LogP) is -1.80. The van der Waals surface area contributed by atoms with Gasteiger partial charge in [0.2, 0.25) is 0 Å². The van der Waals surface area contributed by atoms with Gasteiger partial charge >= 0.3 is 23.9 Å². The quantitative estimate of drug-likeness (QED) is 0.259. The Kier molecular flexibility index (Phi) is 39.1. The van der Waals surface area contributed by atoms with E-state index in [4.69, 9.17) is 0 Å². The molecule has 0 saturated carbocycles. The van der Waals surface area contributed by atoms with Crippen LogP contribution in [0.2, 0.25) is 0 Å². The Hall–Kier alpha value is -0.200. The molecule has 0 bridgehead atoms. The number of hydrogen-bond acceptors (Lipinski definition) is 10. The molecule has 0 amide bonds. The minimum Gasteiger partial charge on any atom is -0.462 e. The van der Waals surface area contributed by atoms with Crippen LogP contribution in [0.4, 0.5) is 0 Å². The Morgan fingerprint density at radius 3 is 0.909 bits per heavy atom. The van der Waals surface area contributed by atoms with Crippen LogP contribution in [-0.2, 0) is 38.3 Å². The van der Waals surface area contributed by atoms with Crippen LogP contribution in [0.15, 0.2) is 0 Å². The maximum Gasteiger partial charge on any atom is 0.321 e. The molecule has 0 fully saturated rings. The zero-order valence-electron chi connectivity index (χ0n) is 13.8. The van der Waals surface area contributed by atoms with Crippen LogP contribution in [0, 0.1) is 0 Å². The molecule has 0 aliphatic rings. The van der Waals surface area contributed by atoms with E-state index in [2.05, 4.69) is 30.9 Å². The summed E-state index contributed by atoms with van der Waals surface area (Å²) in [5.74, 6) is 6.97. The van der Waals surface area contributed by atoms with E-state index >= 15 is 0 Å². The summed E-state index contributed by atoms with van der Waals surface area (Å²) < 4.78 is 8.95. The van der Waals surface area contributed by atoms with Crippen LogP contribution in [0.1, 0.15) is 27.7 Å². The van der Waals surface area contributed by atoms with Gasteiger partial charge in [0.05, 0.1) is 0 Å². The topological polar surface area (TPSA) is 157 Å². The van der Waals surface area contributed by atoms with Crippen LogP contribution in [0.3, 0.4) is 0 Å². The van der Waals surface area contributed by atoms with Crippen molar-refractivity contribution in [3.05, 3.63) is 0 Å². The number of carbonyl (C=O) groups excluding carboxylic acids is 4. The van der Waals surface area contributed by atoms with Gasteiger partial charge in [-0.2, -0.15) is 11.8 Å². The van der Waals surface area contributed by atoms with E-state index in [1.165, 1.54) is 27.7 Å². The molecule has 0 aromatic carbocycles. The average Bonchev–Trinajstić information content (AvgIpc) is 2.35. The zero-order chi connectivity index (χ0) is 16.6. The van der Waals surface area contributed by atoms with Crippen molar-refractivity contribution in [3.63, 3.8) is 0 Å². The summed E-state index contributed by atoms with van der Waals surface area (Å²) in [5.41, 5.74) is 0. The molecule has 22 heavy (non-hydrogen) atoms. The largest absolute Gasteiger partial charge is 0.462 e. The standard InChI is InChI=1S/C6H10O4.2C2H5NO2.2Na/c1-5(7)9-3-4-10-6(2)8;2*1-2(4)5-3;;/h3-4H2,1-2H3;2*3H2,1H3;;. The second kappa shape index (κ2) is 25.7. The maximum absolute atomic E-state index is 10.1. The van der Waals surface area contributed by atoms with Crippen molar-refractivity contribution >= 4 is 83.0 Å². The van der Waals surface area contributed by atoms with Crippen LogP contribution < -0.4 is 11.8 Å². The summed E-state index contributed by atoms with van der Waals surface area (Å²) in [6.07, 6.45) is 0. The Morgan fingerprint density at radius 1 is 0.636 bits per heavy atom. The summed E-state index contributed by atoms with van der Waals surface area (Å²) in [6, 6.07) is 0. The third kappa shape index (κ3) is 60.0. The molecule has 0 spiro atoms. The van der Waals surface area contributed by atoms with Gasteiger partial charge < -0.3 is 19.1 Å². The molecule has 2 radical (unpaired) electrons. The fourth-order valence-electron chi connectivity index (χ4n) is 0.371. The van der Waals surface area contributed by atoms with Crippen molar-refractivity contribution in [1.29, 1.82) is 0 Å². The molecule has 10 nitrogen and oxygen atoms in total. The molecular formula is C10H20N2Na2O8. The SMILES string of the molecule is CC(=O)OCCOC(C)=O.CC(=O)ON.CC(=O)ON.[Na].[Na]. The Morgan fingerprint density at radius 2 is 0.818 bits per heavy atom. The van der Waals surface area contributed by atoms with Crippen molar-refractivity contribution in [2.24, 2.45) is 11.8 Å². The first kappa shape index (κ1) is 33.4. The Bertz CT molecular complexity index is 285. The number of nitrogens with two attached hydrogens (primary N) is 2. The minimum atomic E-state index is -0.468. The number of esters is 2. The molecular weight excluding hydrogens is 322 g/mol. The van der Waals surface area contributed by atoms with Crippen molar-refractivity contribution in [2.45, 2.75) is 27.7 Å². The van der Waals surface area contributed by atoms with Gasteiger partial charge in [-0.1, -0.05) is 0 Å². The van der Waals surface area contributed by atoms with Gasteiger partial charge in [-0.25, -0.2) is 0 Å². The smallest absolute Gasteiger partial charge is 0.321 e. The Balaban J connectivity index is -0.0000000692. The van der Waals surface area contributed by atoms with Crippen LogP contribution in [0.5, 0.6) is 0 Å². The van der Waals surface area contributed by atoms with Gasteiger partial charge in [-0.3, -0.25) is 19.2 Å². The molecule has 12 heteroatoms. The van der Waals surface area contributed by atoms with E-state index in [1.807, 2.05) is 0 Å². The zero-order valence-corrected chi connectivity index (χ0v) is 17.8. The number of ether oxygens (including phenoxy) is 2. The molecule has 0 rings (SSSR count). The molecule has 0 aliphatic heterocycles. The fraction of sp³-hybridized carbons (Fsp3) is 0.600. The molecule has 0 aliphatic carbocycles. The van der Waals surface area contributed by atoms with Gasteiger partial charge in [0.25, 0.3) is 0 Å². The Labute approximate surface area is 173 Å². The first-order valence-electron chi connectivity index (χ1n) is 5.18. The maximum atomic E-state index is 10.1. The molecule has 0 aromatic rings. The van der Waals surface area contributed by atoms with Gasteiger partial charge in [0.15, 0.2) is 0 Å². The summed E-state index contributed by atoms with van der Waals surface area (Å²) in [6.45, 7) is 5.34. The summed E-state index contributed by atoms with van der Waals surface area (Å²) in [5, 5.41) is 0. The van der Waals surface area contributed by atoms with E-state index in [0.29, 0.717) is 0 Å². The monoisotopic (exact) mass is 342 g/mol. The van der Waals surface area contributed by atoms with E-state index in [0.717, 1.165) is 0 Å². The van der Waals surface area contributed by atoms with E-state index < -0.39 is 11.9 Å². The van der Waals surface area contributed by atoms with Gasteiger partial charge in [0.1, 0.15) is 13.2 Å². The van der Waals surface area contributed by atoms with Crippen LogP contribution in [0.25, 0.3) is 0 Å². The summed E-state index contributed by atoms with van der Waals surface area (Å²) in [7, 11) is 0. The molecule has 0 unspecified atom stereocenters. The van der Waals surface area contributed by atoms with Gasteiger partial charge in [-0.15, -0.1) is 0 Å². The first-order chi connectivity index (χ1) is 9.17. The molecule has 120 valence electrons. The average molecular weight is 342 g/mol. The third-order valence-corrected chi connectivity index (χ3v) is 1.03. The van der Waals surface area contributed by atoms with E-state index in [9.17, 15) is 19.2 Å². The molecule has 0 saturated heterocycles. The molecule has 0 aromatic heterocycles. The second-order valence-corrected chi connectivity index (χ2v) is 2.90. The predicted molar refractivity (Wildman–Crippen MR) is 76.7 cm³/mol. The van der Waals surface area contributed by atoms with Crippen LogP contribution >= 0.6 is 0 Å². The normalized spacial score (nSPS) is 7.00. The van der Waals surface area contributed by atoms with Crippen molar-refractivity contribution in [2.75, 3.05) is 13.2 Å². The summed E-state index contributed by atoms with van der Waals surface area (Å²) in [4.78, 5) is 46.4. The van der Waals surface area contributed by atoms with E-state index in [-0.39, 0.29) is 84.3 Å². The number of hydrogen-bond donors (Lipinski definition) is 2. The first-order valence-corrected chi connectivity index (χ1v) is 5.18. The van der Waals surface area contributed by atoms with Gasteiger partial charge in [-0.05, 0) is 0 Å². The van der Waals surface area contributed by atoms with Crippen molar-refractivity contribution in [1.82, 2.24) is 0 Å². The van der Waals surface area contributed by atoms with Crippen LogP contribution in [-0.4, -0.2) is 96.2 Å². The second-order valence-electron chi connectivity index (χ2n) is 2.90. The number of rotatable bonds is 3. The van der Waals surface area contributed by atoms with Gasteiger partial charge in [0, 0.05) is 86.8 Å². The van der Waals surface area contributed by atoms with E-state index in [1.54, 1.807) is 0 Å². The minimum absolute atomic E-state index is 0.